The molecule has 1 aliphatic rings. The van der Waals surface area contributed by atoms with Crippen molar-refractivity contribution >= 4 is 29.9 Å². The van der Waals surface area contributed by atoms with Gasteiger partial charge >= 0.3 is 0 Å². The summed E-state index contributed by atoms with van der Waals surface area (Å²) in [6, 6.07) is 10.5. The zero-order chi connectivity index (χ0) is 22.1. The summed E-state index contributed by atoms with van der Waals surface area (Å²) in [5, 5.41) is 11.8. The smallest absolute Gasteiger partial charge is 0.191 e. The molecule has 0 spiro atoms. The molecule has 178 valence electrons. The van der Waals surface area contributed by atoms with Gasteiger partial charge in [-0.1, -0.05) is 43.2 Å². The van der Waals surface area contributed by atoms with E-state index in [1.54, 1.807) is 7.11 Å². The van der Waals surface area contributed by atoms with Crippen molar-refractivity contribution in [1.29, 1.82) is 0 Å². The van der Waals surface area contributed by atoms with Crippen LogP contribution in [0, 0.1) is 19.3 Å². The number of guanidine groups is 1. The number of nitrogens with zero attached hydrogens (tertiary/aromatic N) is 3. The summed E-state index contributed by atoms with van der Waals surface area (Å²) in [6.45, 7) is 10.4. The number of aromatic nitrogens is 2. The van der Waals surface area contributed by atoms with E-state index >= 15 is 0 Å². The fourth-order valence-corrected chi connectivity index (χ4v) is 4.60. The maximum absolute atomic E-state index is 5.38. The molecule has 32 heavy (non-hydrogen) atoms. The number of aliphatic imine (C=N–C) groups is 1. The van der Waals surface area contributed by atoms with E-state index in [0.29, 0.717) is 12.0 Å². The Morgan fingerprint density at radius 2 is 1.88 bits per heavy atom. The molecule has 2 N–H and O–H groups in total. The number of benzene rings is 1. The Morgan fingerprint density at radius 1 is 1.16 bits per heavy atom. The topological polar surface area (TPSA) is 63.5 Å². The van der Waals surface area contributed by atoms with Gasteiger partial charge in [-0.25, -0.2) is 4.99 Å². The van der Waals surface area contributed by atoms with Crippen LogP contribution in [0.3, 0.4) is 0 Å². The van der Waals surface area contributed by atoms with Crippen LogP contribution in [0.25, 0.3) is 0 Å². The number of hydrogen-bond acceptors (Lipinski definition) is 3. The molecule has 0 atom stereocenters. The number of rotatable bonds is 10. The molecule has 7 heteroatoms. The molecule has 2 aromatic rings. The number of methoxy groups -OCH3 is 1. The first-order valence-electron chi connectivity index (χ1n) is 11.6. The first kappa shape index (κ1) is 26.6. The lowest BCUT2D eigenvalue weighted by Gasteiger charge is -2.30. The third-order valence-electron chi connectivity index (χ3n) is 6.58. The van der Waals surface area contributed by atoms with Crippen molar-refractivity contribution in [3.05, 3.63) is 52.8 Å². The lowest BCUT2D eigenvalue weighted by molar-refractivity contribution is 0.138. The zero-order valence-corrected chi connectivity index (χ0v) is 22.4. The Balaban J connectivity index is 0.00000363. The van der Waals surface area contributed by atoms with Crippen LogP contribution < -0.4 is 10.6 Å². The van der Waals surface area contributed by atoms with E-state index in [1.165, 1.54) is 42.5 Å². The fourth-order valence-electron chi connectivity index (χ4n) is 4.60. The molecule has 1 aromatic heterocycles. The average Bonchev–Trinajstić information content (AvgIpc) is 3.35. The summed E-state index contributed by atoms with van der Waals surface area (Å²) in [5.41, 5.74) is 5.05. The summed E-state index contributed by atoms with van der Waals surface area (Å²) < 4.78 is 7.47. The highest BCUT2D eigenvalue weighted by Gasteiger charge is 2.33. The quantitative estimate of drug-likeness (QED) is 0.252. The lowest BCUT2D eigenvalue weighted by Crippen LogP contribution is -2.43. The van der Waals surface area contributed by atoms with Crippen LogP contribution in [0.1, 0.15) is 61.5 Å². The normalized spacial score (nSPS) is 15.4. The van der Waals surface area contributed by atoms with Gasteiger partial charge in [0, 0.05) is 38.1 Å². The van der Waals surface area contributed by atoms with Crippen molar-refractivity contribution in [3.63, 3.8) is 0 Å². The second kappa shape index (κ2) is 13.2. The van der Waals surface area contributed by atoms with E-state index in [1.807, 2.05) is 6.07 Å². The molecule has 1 saturated carbocycles. The van der Waals surface area contributed by atoms with E-state index in [9.17, 15) is 0 Å². The molecular formula is C25H40IN5O. The molecular weight excluding hydrogens is 513 g/mol. The monoisotopic (exact) mass is 553 g/mol. The van der Waals surface area contributed by atoms with Gasteiger partial charge in [0.2, 0.25) is 0 Å². The molecule has 0 amide bonds. The summed E-state index contributed by atoms with van der Waals surface area (Å²) in [5.74, 6) is 0.890. The minimum atomic E-state index is 0. The van der Waals surface area contributed by atoms with E-state index in [4.69, 9.17) is 14.8 Å². The number of nitrogens with one attached hydrogen (secondary N) is 2. The van der Waals surface area contributed by atoms with Crippen molar-refractivity contribution in [2.24, 2.45) is 10.4 Å². The second-order valence-electron chi connectivity index (χ2n) is 8.79. The maximum Gasteiger partial charge on any atom is 0.191 e. The third-order valence-corrected chi connectivity index (χ3v) is 6.58. The largest absolute Gasteiger partial charge is 0.385 e. The van der Waals surface area contributed by atoms with Gasteiger partial charge in [0.05, 0.1) is 18.8 Å². The summed E-state index contributed by atoms with van der Waals surface area (Å²) in [6.07, 6.45) is 6.29. The molecule has 3 rings (SSSR count). The Kier molecular flexibility index (Phi) is 11.0. The fraction of sp³-hybridized carbons (Fsp3) is 0.600. The summed E-state index contributed by atoms with van der Waals surface area (Å²) >= 11 is 0. The van der Waals surface area contributed by atoms with Crippen LogP contribution in [0.15, 0.2) is 35.3 Å². The van der Waals surface area contributed by atoms with Gasteiger partial charge < -0.3 is 15.4 Å². The molecule has 0 unspecified atom stereocenters. The van der Waals surface area contributed by atoms with Crippen LogP contribution in [0.4, 0.5) is 0 Å². The predicted octanol–water partition coefficient (Wildman–Crippen LogP) is 4.82. The molecule has 1 fully saturated rings. The van der Waals surface area contributed by atoms with Gasteiger partial charge in [-0.15, -0.1) is 24.0 Å². The first-order chi connectivity index (χ1) is 15.1. The second-order valence-corrected chi connectivity index (χ2v) is 8.79. The highest BCUT2D eigenvalue weighted by Crippen LogP contribution is 2.40. The Bertz CT molecular complexity index is 844. The number of hydrogen-bond donors (Lipinski definition) is 2. The van der Waals surface area contributed by atoms with Crippen LogP contribution in [-0.2, 0) is 17.8 Å². The van der Waals surface area contributed by atoms with E-state index < -0.39 is 0 Å². The SMILES string of the molecule is CCNC(=NCc1c(C)nn(Cc2ccccc2)c1C)NCC1(CCOC)CCCC1.I. The van der Waals surface area contributed by atoms with Crippen LogP contribution >= 0.6 is 24.0 Å². The van der Waals surface area contributed by atoms with Gasteiger partial charge in [-0.05, 0) is 51.0 Å². The number of aryl methyl sites for hydroxylation is 1. The molecule has 6 nitrogen and oxygen atoms in total. The standard InChI is InChI=1S/C25H39N5O.HI/c1-5-26-24(28-19-25(15-16-31-4)13-9-10-14-25)27-17-23-20(2)29-30(21(23)3)18-22-11-7-6-8-12-22;/h6-8,11-12H,5,9-10,13-19H2,1-4H3,(H2,26,27,28);1H. The van der Waals surface area contributed by atoms with Gasteiger partial charge in [0.1, 0.15) is 0 Å². The van der Waals surface area contributed by atoms with Crippen LogP contribution in [0.2, 0.25) is 0 Å². The number of halogens is 1. The predicted molar refractivity (Wildman–Crippen MR) is 143 cm³/mol. The van der Waals surface area contributed by atoms with Gasteiger partial charge in [0.25, 0.3) is 0 Å². The highest BCUT2D eigenvalue weighted by atomic mass is 127. The Labute approximate surface area is 210 Å². The zero-order valence-electron chi connectivity index (χ0n) is 20.1. The lowest BCUT2D eigenvalue weighted by atomic mass is 9.83. The minimum Gasteiger partial charge on any atom is -0.385 e. The molecule has 1 aromatic carbocycles. The Morgan fingerprint density at radius 3 is 2.53 bits per heavy atom. The molecule has 1 aliphatic carbocycles. The minimum absolute atomic E-state index is 0. The van der Waals surface area contributed by atoms with Crippen molar-refractivity contribution in [2.75, 3.05) is 26.8 Å². The highest BCUT2D eigenvalue weighted by molar-refractivity contribution is 14.0. The van der Waals surface area contributed by atoms with E-state index in [2.05, 4.69) is 60.4 Å². The van der Waals surface area contributed by atoms with Crippen molar-refractivity contribution in [1.82, 2.24) is 20.4 Å². The maximum atomic E-state index is 5.38. The van der Waals surface area contributed by atoms with Crippen molar-refractivity contribution in [3.8, 4) is 0 Å². The molecule has 0 saturated heterocycles. The Hall–Kier alpha value is -1.61. The van der Waals surface area contributed by atoms with Crippen LogP contribution in [0.5, 0.6) is 0 Å². The van der Waals surface area contributed by atoms with Crippen LogP contribution in [-0.4, -0.2) is 42.5 Å². The summed E-state index contributed by atoms with van der Waals surface area (Å²) in [4.78, 5) is 4.91. The number of ether oxygens (including phenoxy) is 1. The molecule has 0 radical (unpaired) electrons. The third kappa shape index (κ3) is 7.20. The van der Waals surface area contributed by atoms with E-state index in [-0.39, 0.29) is 24.0 Å². The first-order valence-corrected chi connectivity index (χ1v) is 11.6. The molecule has 0 aliphatic heterocycles. The van der Waals surface area contributed by atoms with Crippen molar-refractivity contribution in [2.45, 2.75) is 66.0 Å². The molecule has 1 heterocycles. The van der Waals surface area contributed by atoms with Crippen molar-refractivity contribution < 1.29 is 4.74 Å². The van der Waals surface area contributed by atoms with E-state index in [0.717, 1.165) is 44.3 Å². The van der Waals surface area contributed by atoms with Gasteiger partial charge in [-0.2, -0.15) is 5.10 Å². The molecule has 0 bridgehead atoms. The van der Waals surface area contributed by atoms with Gasteiger partial charge in [-0.3, -0.25) is 4.68 Å². The summed E-state index contributed by atoms with van der Waals surface area (Å²) in [7, 11) is 1.80. The van der Waals surface area contributed by atoms with Gasteiger partial charge in [0.15, 0.2) is 5.96 Å². The average molecular weight is 554 g/mol.